The highest BCUT2D eigenvalue weighted by molar-refractivity contribution is 9.10. The number of cyclic esters (lactones) is 1. The van der Waals surface area contributed by atoms with Gasteiger partial charge in [-0.15, -0.1) is 4.99 Å². The van der Waals surface area contributed by atoms with E-state index >= 15 is 0 Å². The Balaban J connectivity index is 1.61. The third kappa shape index (κ3) is 4.44. The number of para-hydroxylation sites is 2. The molecule has 0 unspecified atom stereocenters. The van der Waals surface area contributed by atoms with Crippen LogP contribution >= 0.6 is 15.9 Å². The lowest BCUT2D eigenvalue weighted by molar-refractivity contribution is 0.0331. The summed E-state index contributed by atoms with van der Waals surface area (Å²) in [4.78, 5) is 30.3. The van der Waals surface area contributed by atoms with Crippen LogP contribution in [0.2, 0.25) is 0 Å². The minimum Gasteiger partial charge on any atom is -0.442 e. The maximum atomic E-state index is 13.1. The van der Waals surface area contributed by atoms with Gasteiger partial charge in [-0.2, -0.15) is 0 Å². The summed E-state index contributed by atoms with van der Waals surface area (Å²) in [5, 5.41) is 0.943. The van der Waals surface area contributed by atoms with Crippen LogP contribution < -0.4 is 5.62 Å². The number of fused-ring (bicyclic) bond motifs is 1. The third-order valence-corrected chi connectivity index (χ3v) is 7.51. The highest BCUT2D eigenvalue weighted by Crippen LogP contribution is 2.38. The van der Waals surface area contributed by atoms with E-state index in [1.165, 1.54) is 0 Å². The first-order valence-electron chi connectivity index (χ1n) is 13.0. The molecule has 8 nitrogen and oxygen atoms in total. The van der Waals surface area contributed by atoms with Gasteiger partial charge in [-0.25, -0.2) is 9.59 Å². The second-order valence-corrected chi connectivity index (χ2v) is 12.3. The van der Waals surface area contributed by atoms with Crippen molar-refractivity contribution < 1.29 is 19.1 Å². The summed E-state index contributed by atoms with van der Waals surface area (Å²) in [5.41, 5.74) is 4.39. The lowest BCUT2D eigenvalue weighted by Gasteiger charge is -2.31. The van der Waals surface area contributed by atoms with Crippen LogP contribution in [-0.4, -0.2) is 31.5 Å². The number of rotatable bonds is 3. The summed E-state index contributed by atoms with van der Waals surface area (Å²) >= 11 is 3.52. The Labute approximate surface area is 239 Å². The van der Waals surface area contributed by atoms with Crippen molar-refractivity contribution in [1.29, 1.82) is 0 Å². The van der Waals surface area contributed by atoms with Gasteiger partial charge in [-0.05, 0) is 82.6 Å². The Morgan fingerprint density at radius 1 is 1.00 bits per heavy atom. The normalized spacial score (nSPS) is 15.1. The zero-order chi connectivity index (χ0) is 28.4. The van der Waals surface area contributed by atoms with E-state index in [1.807, 2.05) is 104 Å². The van der Waals surface area contributed by atoms with E-state index in [4.69, 9.17) is 9.47 Å². The Kier molecular flexibility index (Phi) is 6.03. The smallest absolute Gasteiger partial charge is 0.437 e. The number of halogens is 1. The number of hydrogen-bond donors (Lipinski definition) is 0. The van der Waals surface area contributed by atoms with Crippen LogP contribution in [0, 0.1) is 0 Å². The molecule has 2 aromatic heterocycles. The van der Waals surface area contributed by atoms with E-state index in [9.17, 15) is 9.59 Å². The van der Waals surface area contributed by atoms with Gasteiger partial charge in [-0.1, -0.05) is 40.2 Å². The number of nitrogens with zero attached hydrogens (tertiary/aromatic N) is 4. The fourth-order valence-electron chi connectivity index (χ4n) is 5.28. The first-order chi connectivity index (χ1) is 18.9. The number of imidazole rings is 1. The molecule has 0 saturated heterocycles. The molecule has 0 N–H and O–H groups in total. The van der Waals surface area contributed by atoms with Crippen molar-refractivity contribution in [2.45, 2.75) is 52.4 Å². The molecule has 9 heteroatoms. The van der Waals surface area contributed by atoms with Crippen LogP contribution in [0.15, 0.2) is 82.4 Å². The predicted molar refractivity (Wildman–Crippen MR) is 157 cm³/mol. The molecule has 6 rings (SSSR count). The molecule has 1 aliphatic heterocycles. The maximum absolute atomic E-state index is 13.1. The summed E-state index contributed by atoms with van der Waals surface area (Å²) in [6.07, 6.45) is 0.675. The average molecular weight is 602 g/mol. The molecule has 0 aliphatic carbocycles. The largest absolute Gasteiger partial charge is 0.442 e. The molecule has 3 heterocycles. The Morgan fingerprint density at radius 2 is 1.70 bits per heavy atom. The van der Waals surface area contributed by atoms with E-state index < -0.39 is 23.4 Å². The van der Waals surface area contributed by atoms with Crippen LogP contribution in [0.5, 0.6) is 0 Å². The van der Waals surface area contributed by atoms with Gasteiger partial charge >= 0.3 is 12.2 Å². The van der Waals surface area contributed by atoms with Gasteiger partial charge in [0.2, 0.25) is 5.62 Å². The molecule has 3 aromatic carbocycles. The van der Waals surface area contributed by atoms with E-state index in [2.05, 4.69) is 27.0 Å². The first-order valence-corrected chi connectivity index (χ1v) is 13.8. The molecule has 0 spiro atoms. The van der Waals surface area contributed by atoms with Crippen molar-refractivity contribution in [3.63, 3.8) is 0 Å². The number of amides is 1. The molecular formula is C31H29BrN4O4. The number of benzene rings is 3. The summed E-state index contributed by atoms with van der Waals surface area (Å²) in [5.74, 6) is 0. The summed E-state index contributed by atoms with van der Waals surface area (Å²) in [7, 11) is 0. The molecule has 1 aliphatic rings. The molecule has 40 heavy (non-hydrogen) atoms. The van der Waals surface area contributed by atoms with E-state index in [0.717, 1.165) is 43.2 Å². The molecule has 0 radical (unpaired) electrons. The highest BCUT2D eigenvalue weighted by Gasteiger charge is 2.35. The van der Waals surface area contributed by atoms with E-state index in [-0.39, 0.29) is 0 Å². The molecule has 204 valence electrons. The van der Waals surface area contributed by atoms with Gasteiger partial charge in [0.25, 0.3) is 0 Å². The third-order valence-electron chi connectivity index (χ3n) is 6.98. The average Bonchev–Trinajstić information content (AvgIpc) is 3.44. The lowest BCUT2D eigenvalue weighted by atomic mass is 9.93. The maximum Gasteiger partial charge on any atom is 0.437 e. The molecule has 0 bridgehead atoms. The number of carbonyl (C=O) groups is 2. The molecule has 5 aromatic rings. The van der Waals surface area contributed by atoms with Gasteiger partial charge in [0, 0.05) is 27.3 Å². The SMILES string of the molecule is CC(C)(C)OC(=O)/N=c1\n(Cc2ccc3c4c2ccn4C(=O)OC3(C)C)c2ccccc2n1-c1ccc(Br)cc1. The zero-order valence-corrected chi connectivity index (χ0v) is 24.5. The summed E-state index contributed by atoms with van der Waals surface area (Å²) < 4.78 is 17.8. The van der Waals surface area contributed by atoms with Crippen molar-refractivity contribution in [2.24, 2.45) is 4.99 Å². The topological polar surface area (TPSA) is 79.8 Å². The molecule has 1 amide bonds. The van der Waals surface area contributed by atoms with Gasteiger partial charge in [0.15, 0.2) is 0 Å². The second kappa shape index (κ2) is 9.23. The fraction of sp³-hybridized carbons (Fsp3) is 0.258. The number of hydrogen-bond acceptors (Lipinski definition) is 4. The Bertz CT molecular complexity index is 1890. The van der Waals surface area contributed by atoms with Crippen LogP contribution in [0.3, 0.4) is 0 Å². The van der Waals surface area contributed by atoms with Crippen LogP contribution in [-0.2, 0) is 21.6 Å². The van der Waals surface area contributed by atoms with Crippen molar-refractivity contribution >= 4 is 50.1 Å². The molecule has 0 fully saturated rings. The van der Waals surface area contributed by atoms with Gasteiger partial charge < -0.3 is 14.0 Å². The molecule has 0 saturated carbocycles. The summed E-state index contributed by atoms with van der Waals surface area (Å²) in [6.45, 7) is 9.65. The molecular weight excluding hydrogens is 572 g/mol. The second-order valence-electron chi connectivity index (χ2n) is 11.4. The van der Waals surface area contributed by atoms with Gasteiger partial charge in [0.1, 0.15) is 11.2 Å². The quantitative estimate of drug-likeness (QED) is 0.218. The Morgan fingerprint density at radius 3 is 2.40 bits per heavy atom. The minimum atomic E-state index is -0.746. The van der Waals surface area contributed by atoms with Gasteiger partial charge in [0.05, 0.1) is 23.1 Å². The number of carbonyl (C=O) groups excluding carboxylic acids is 2. The van der Waals surface area contributed by atoms with Crippen molar-refractivity contribution in [2.75, 3.05) is 0 Å². The molecule has 0 atom stereocenters. The van der Waals surface area contributed by atoms with Crippen molar-refractivity contribution in [3.8, 4) is 5.69 Å². The number of ether oxygens (including phenoxy) is 2. The van der Waals surface area contributed by atoms with Crippen molar-refractivity contribution in [3.05, 3.63) is 94.1 Å². The lowest BCUT2D eigenvalue weighted by Crippen LogP contribution is -2.33. The first kappa shape index (κ1) is 26.1. The highest BCUT2D eigenvalue weighted by atomic mass is 79.9. The van der Waals surface area contributed by atoms with E-state index in [0.29, 0.717) is 12.2 Å². The van der Waals surface area contributed by atoms with E-state index in [1.54, 1.807) is 10.8 Å². The monoisotopic (exact) mass is 600 g/mol. The Hall–Kier alpha value is -4.11. The number of aromatic nitrogens is 3. The van der Waals surface area contributed by atoms with Gasteiger partial charge in [-0.3, -0.25) is 9.13 Å². The van der Waals surface area contributed by atoms with Crippen LogP contribution in [0.4, 0.5) is 9.59 Å². The predicted octanol–water partition coefficient (Wildman–Crippen LogP) is 7.27. The zero-order valence-electron chi connectivity index (χ0n) is 22.9. The summed E-state index contributed by atoms with van der Waals surface area (Å²) in [6, 6.07) is 21.8. The van der Waals surface area contributed by atoms with Crippen molar-refractivity contribution in [1.82, 2.24) is 13.7 Å². The van der Waals surface area contributed by atoms with Crippen LogP contribution in [0.1, 0.15) is 45.7 Å². The minimum absolute atomic E-state index is 0.398. The standard InChI is InChI=1S/C31H29BrN4O4/c1-30(2,3)39-28(37)33-27-35(24-8-6-7-9-25(24)36(27)21-13-11-20(32)12-14-21)18-19-10-15-23-26-22(19)16-17-34(26)29(38)40-31(23,4)5/h6-17H,18H2,1-5H3/b33-27+. The fourth-order valence-corrected chi connectivity index (χ4v) is 5.55. The van der Waals surface area contributed by atoms with Crippen LogP contribution in [0.25, 0.3) is 27.6 Å².